The molecule has 2 amide bonds. The lowest BCUT2D eigenvalue weighted by Gasteiger charge is -2.40. The molecule has 1 aromatic heterocycles. The fraction of sp³-hybridized carbons (Fsp3) is 0.368. The third-order valence-electron chi connectivity index (χ3n) is 4.55. The molecular weight excluding hydrogens is 302 g/mol. The van der Waals surface area contributed by atoms with Crippen molar-refractivity contribution in [2.45, 2.75) is 33.7 Å². The van der Waals surface area contributed by atoms with E-state index in [1.807, 2.05) is 62.9 Å². The summed E-state index contributed by atoms with van der Waals surface area (Å²) < 4.78 is 0. The first-order valence-corrected chi connectivity index (χ1v) is 8.21. The Kier molecular flexibility index (Phi) is 4.18. The second kappa shape index (κ2) is 6.15. The van der Waals surface area contributed by atoms with Crippen LogP contribution in [-0.4, -0.2) is 40.8 Å². The third-order valence-corrected chi connectivity index (χ3v) is 4.55. The largest absolute Gasteiger partial charge is 0.354 e. The Morgan fingerprint density at radius 3 is 2.46 bits per heavy atom. The minimum absolute atomic E-state index is 0.0441. The van der Waals surface area contributed by atoms with Gasteiger partial charge in [0.05, 0.1) is 6.04 Å². The van der Waals surface area contributed by atoms with Gasteiger partial charge in [0.2, 0.25) is 5.91 Å². The van der Waals surface area contributed by atoms with E-state index in [4.69, 9.17) is 0 Å². The van der Waals surface area contributed by atoms with Gasteiger partial charge in [-0.3, -0.25) is 9.59 Å². The number of rotatable bonds is 2. The molecule has 0 bridgehead atoms. The van der Waals surface area contributed by atoms with Crippen molar-refractivity contribution in [3.05, 3.63) is 52.8 Å². The smallest absolute Gasteiger partial charge is 0.271 e. The number of carbonyl (C=O) groups is 2. The molecule has 3 rings (SSSR count). The van der Waals surface area contributed by atoms with E-state index in [2.05, 4.69) is 4.98 Å². The van der Waals surface area contributed by atoms with Crippen molar-refractivity contribution in [2.24, 2.45) is 0 Å². The molecule has 0 radical (unpaired) electrons. The number of para-hydroxylation sites is 1. The van der Waals surface area contributed by atoms with E-state index in [-0.39, 0.29) is 24.4 Å². The minimum Gasteiger partial charge on any atom is -0.354 e. The number of H-pyrrole nitrogens is 1. The Bertz CT molecular complexity index is 794. The summed E-state index contributed by atoms with van der Waals surface area (Å²) in [5.74, 6) is -0.150. The maximum Gasteiger partial charge on any atom is 0.271 e. The van der Waals surface area contributed by atoms with Gasteiger partial charge in [0.25, 0.3) is 5.91 Å². The molecule has 24 heavy (non-hydrogen) atoms. The number of carbonyl (C=O) groups excluding carboxylic acids is 2. The summed E-state index contributed by atoms with van der Waals surface area (Å²) in [7, 11) is 0. The molecule has 1 N–H and O–H groups in total. The van der Waals surface area contributed by atoms with Crippen LogP contribution in [0.25, 0.3) is 0 Å². The number of anilines is 1. The molecule has 0 spiro atoms. The summed E-state index contributed by atoms with van der Waals surface area (Å²) in [5, 5.41) is 0. The topological polar surface area (TPSA) is 56.4 Å². The summed E-state index contributed by atoms with van der Waals surface area (Å²) in [5.41, 5.74) is 4.44. The minimum atomic E-state index is -0.106. The van der Waals surface area contributed by atoms with Gasteiger partial charge in [0.15, 0.2) is 0 Å². The highest BCUT2D eigenvalue weighted by Crippen LogP contribution is 2.25. The molecule has 1 aliphatic heterocycles. The van der Waals surface area contributed by atoms with Crippen LogP contribution in [0.5, 0.6) is 0 Å². The zero-order valence-corrected chi connectivity index (χ0v) is 14.6. The monoisotopic (exact) mass is 325 g/mol. The first-order chi connectivity index (χ1) is 11.4. The Hall–Kier alpha value is -2.56. The number of nitrogens with zero attached hydrogens (tertiary/aromatic N) is 2. The number of aryl methyl sites for hydroxylation is 3. The summed E-state index contributed by atoms with van der Waals surface area (Å²) in [4.78, 5) is 32.0. The Morgan fingerprint density at radius 1 is 1.17 bits per heavy atom. The van der Waals surface area contributed by atoms with Gasteiger partial charge in [-0.2, -0.15) is 0 Å². The Balaban J connectivity index is 1.83. The predicted molar refractivity (Wildman–Crippen MR) is 94.3 cm³/mol. The summed E-state index contributed by atoms with van der Waals surface area (Å²) in [6, 6.07) is 9.74. The van der Waals surface area contributed by atoms with Gasteiger partial charge in [-0.25, -0.2) is 0 Å². The molecule has 0 saturated carbocycles. The lowest BCUT2D eigenvalue weighted by atomic mass is 10.1. The standard InChI is InChI=1S/C19H23N3O2/c1-12-7-5-6-8-16(12)22-15(4)10-21(11-17(22)23)19(24)18-13(2)9-14(3)20-18/h5-9,15,20H,10-11H2,1-4H3/t15-/m1/s1. The van der Waals surface area contributed by atoms with Gasteiger partial charge < -0.3 is 14.8 Å². The molecule has 2 aromatic rings. The molecule has 2 heterocycles. The number of hydrogen-bond acceptors (Lipinski definition) is 2. The van der Waals surface area contributed by atoms with Crippen molar-refractivity contribution < 1.29 is 9.59 Å². The van der Waals surface area contributed by atoms with Gasteiger partial charge >= 0.3 is 0 Å². The van der Waals surface area contributed by atoms with Gasteiger partial charge in [-0.05, 0) is 51.0 Å². The van der Waals surface area contributed by atoms with E-state index >= 15 is 0 Å². The summed E-state index contributed by atoms with van der Waals surface area (Å²) in [6.45, 7) is 8.44. The van der Waals surface area contributed by atoms with Gasteiger partial charge in [0, 0.05) is 17.9 Å². The van der Waals surface area contributed by atoms with Crippen molar-refractivity contribution in [3.63, 3.8) is 0 Å². The highest BCUT2D eigenvalue weighted by molar-refractivity contribution is 6.02. The number of amides is 2. The second-order valence-electron chi connectivity index (χ2n) is 6.60. The van der Waals surface area contributed by atoms with Crippen molar-refractivity contribution in [2.75, 3.05) is 18.0 Å². The lowest BCUT2D eigenvalue weighted by Crippen LogP contribution is -2.57. The number of piperazine rings is 1. The molecule has 5 nitrogen and oxygen atoms in total. The number of benzene rings is 1. The van der Waals surface area contributed by atoms with Crippen molar-refractivity contribution in [1.29, 1.82) is 0 Å². The average molecular weight is 325 g/mol. The highest BCUT2D eigenvalue weighted by Gasteiger charge is 2.34. The molecule has 1 atom stereocenters. The van der Waals surface area contributed by atoms with Crippen LogP contribution in [0.15, 0.2) is 30.3 Å². The normalized spacial score (nSPS) is 18.2. The third kappa shape index (κ3) is 2.82. The maximum absolute atomic E-state index is 12.8. The molecule has 1 fully saturated rings. The second-order valence-corrected chi connectivity index (χ2v) is 6.60. The molecule has 5 heteroatoms. The summed E-state index contributed by atoms with van der Waals surface area (Å²) in [6.07, 6.45) is 0. The molecule has 1 saturated heterocycles. The molecular formula is C19H23N3O2. The quantitative estimate of drug-likeness (QED) is 0.923. The molecule has 0 unspecified atom stereocenters. The Labute approximate surface area is 142 Å². The van der Waals surface area contributed by atoms with E-state index in [0.717, 1.165) is 22.5 Å². The zero-order chi connectivity index (χ0) is 17.4. The number of hydrogen-bond donors (Lipinski definition) is 1. The number of aromatic amines is 1. The van der Waals surface area contributed by atoms with Crippen LogP contribution in [0.1, 0.15) is 34.2 Å². The van der Waals surface area contributed by atoms with Crippen LogP contribution in [0.2, 0.25) is 0 Å². The van der Waals surface area contributed by atoms with E-state index in [1.54, 1.807) is 4.90 Å². The first-order valence-electron chi connectivity index (χ1n) is 8.21. The van der Waals surface area contributed by atoms with Crippen molar-refractivity contribution in [3.8, 4) is 0 Å². The van der Waals surface area contributed by atoms with Gasteiger partial charge in [-0.15, -0.1) is 0 Å². The van der Waals surface area contributed by atoms with Crippen molar-refractivity contribution in [1.82, 2.24) is 9.88 Å². The van der Waals surface area contributed by atoms with Crippen LogP contribution >= 0.6 is 0 Å². The maximum atomic E-state index is 12.8. The van der Waals surface area contributed by atoms with E-state index in [9.17, 15) is 9.59 Å². The first kappa shape index (κ1) is 16.3. The predicted octanol–water partition coefficient (Wildman–Crippen LogP) is 2.82. The van der Waals surface area contributed by atoms with E-state index < -0.39 is 0 Å². The molecule has 126 valence electrons. The fourth-order valence-corrected chi connectivity index (χ4v) is 3.42. The average Bonchev–Trinajstić information content (AvgIpc) is 2.86. The molecule has 1 aliphatic rings. The van der Waals surface area contributed by atoms with E-state index in [0.29, 0.717) is 12.2 Å². The molecule has 0 aliphatic carbocycles. The molecule has 1 aromatic carbocycles. The Morgan fingerprint density at radius 2 is 1.88 bits per heavy atom. The van der Waals surface area contributed by atoms with Crippen molar-refractivity contribution >= 4 is 17.5 Å². The van der Waals surface area contributed by atoms with E-state index in [1.165, 1.54) is 0 Å². The SMILES string of the molecule is Cc1cc(C)c(C(=O)N2CC(=O)N(c3ccccc3C)[C@H](C)C2)[nH]1. The number of aromatic nitrogens is 1. The van der Waals surface area contributed by atoms with Crippen LogP contribution in [-0.2, 0) is 4.79 Å². The van der Waals surface area contributed by atoms with Crippen LogP contribution in [0, 0.1) is 20.8 Å². The lowest BCUT2D eigenvalue weighted by molar-refractivity contribution is -0.121. The summed E-state index contributed by atoms with van der Waals surface area (Å²) >= 11 is 0. The van der Waals surface area contributed by atoms with Gasteiger partial charge in [-0.1, -0.05) is 18.2 Å². The van der Waals surface area contributed by atoms with Crippen LogP contribution in [0.4, 0.5) is 5.69 Å². The van der Waals surface area contributed by atoms with Crippen LogP contribution < -0.4 is 4.90 Å². The van der Waals surface area contributed by atoms with Crippen LogP contribution in [0.3, 0.4) is 0 Å². The van der Waals surface area contributed by atoms with Gasteiger partial charge in [0.1, 0.15) is 12.2 Å². The zero-order valence-electron chi connectivity index (χ0n) is 14.6. The highest BCUT2D eigenvalue weighted by atomic mass is 16.2. The fourth-order valence-electron chi connectivity index (χ4n) is 3.42. The number of nitrogens with one attached hydrogen (secondary N) is 1.